The van der Waals surface area contributed by atoms with Gasteiger partial charge in [0.05, 0.1) is 0 Å². The highest BCUT2D eigenvalue weighted by Gasteiger charge is 2.34. The molecule has 0 aromatic heterocycles. The Labute approximate surface area is 103 Å². The van der Waals surface area contributed by atoms with Gasteiger partial charge in [-0.1, -0.05) is 12.8 Å². The van der Waals surface area contributed by atoms with Crippen molar-refractivity contribution in [2.24, 2.45) is 11.8 Å². The smallest absolute Gasteiger partial charge is 0.317 e. The standard InChI is InChI=1S/C13H23N3O/c17-13(15-12-3-1-2-4-12)16-6-5-10-7-14-8-11(10)9-16/h10-12,14H,1-9H2,(H,15,17)/t10-,11-/m1/s1. The minimum absolute atomic E-state index is 0.183. The van der Waals surface area contributed by atoms with Crippen LogP contribution in [0.15, 0.2) is 0 Å². The fourth-order valence-electron chi connectivity index (χ4n) is 3.56. The molecule has 0 radical (unpaired) electrons. The van der Waals surface area contributed by atoms with Gasteiger partial charge in [-0.2, -0.15) is 0 Å². The fraction of sp³-hybridized carbons (Fsp3) is 0.923. The number of carbonyl (C=O) groups is 1. The Balaban J connectivity index is 1.51. The number of piperidine rings is 1. The summed E-state index contributed by atoms with van der Waals surface area (Å²) in [6.45, 7) is 4.15. The number of hydrogen-bond acceptors (Lipinski definition) is 2. The third-order valence-electron chi connectivity index (χ3n) is 4.67. The fourth-order valence-corrected chi connectivity index (χ4v) is 3.56. The van der Waals surface area contributed by atoms with Gasteiger partial charge in [-0.15, -0.1) is 0 Å². The first-order valence-electron chi connectivity index (χ1n) is 7.09. The Hall–Kier alpha value is -0.770. The van der Waals surface area contributed by atoms with Crippen molar-refractivity contribution in [1.82, 2.24) is 15.5 Å². The Kier molecular flexibility index (Phi) is 3.23. The monoisotopic (exact) mass is 237 g/mol. The third-order valence-corrected chi connectivity index (χ3v) is 4.67. The second kappa shape index (κ2) is 4.84. The molecular weight excluding hydrogens is 214 g/mol. The molecule has 2 saturated heterocycles. The second-order valence-corrected chi connectivity index (χ2v) is 5.84. The van der Waals surface area contributed by atoms with E-state index in [0.29, 0.717) is 12.0 Å². The van der Waals surface area contributed by atoms with E-state index in [1.54, 1.807) is 0 Å². The molecule has 3 fully saturated rings. The van der Waals surface area contributed by atoms with E-state index in [9.17, 15) is 4.79 Å². The summed E-state index contributed by atoms with van der Waals surface area (Å²) in [4.78, 5) is 14.2. The molecule has 4 heteroatoms. The van der Waals surface area contributed by atoms with Gasteiger partial charge in [-0.3, -0.25) is 0 Å². The van der Waals surface area contributed by atoms with Crippen LogP contribution in [0, 0.1) is 11.8 Å². The van der Waals surface area contributed by atoms with Crippen molar-refractivity contribution in [2.75, 3.05) is 26.2 Å². The van der Waals surface area contributed by atoms with Gasteiger partial charge in [0.25, 0.3) is 0 Å². The lowest BCUT2D eigenvalue weighted by atomic mass is 9.89. The van der Waals surface area contributed by atoms with Crippen LogP contribution in [-0.4, -0.2) is 43.2 Å². The zero-order valence-electron chi connectivity index (χ0n) is 10.5. The second-order valence-electron chi connectivity index (χ2n) is 5.84. The van der Waals surface area contributed by atoms with E-state index in [4.69, 9.17) is 0 Å². The number of amides is 2. The molecule has 0 unspecified atom stereocenters. The van der Waals surface area contributed by atoms with Gasteiger partial charge in [0.15, 0.2) is 0 Å². The lowest BCUT2D eigenvalue weighted by molar-refractivity contribution is 0.148. The third kappa shape index (κ3) is 2.41. The highest BCUT2D eigenvalue weighted by atomic mass is 16.2. The maximum atomic E-state index is 12.1. The average molecular weight is 237 g/mol. The van der Waals surface area contributed by atoms with Crippen LogP contribution in [0.3, 0.4) is 0 Å². The molecule has 2 N–H and O–H groups in total. The topological polar surface area (TPSA) is 44.4 Å². The van der Waals surface area contributed by atoms with Crippen molar-refractivity contribution in [2.45, 2.75) is 38.1 Å². The van der Waals surface area contributed by atoms with Gasteiger partial charge in [-0.05, 0) is 44.2 Å². The van der Waals surface area contributed by atoms with Gasteiger partial charge in [-0.25, -0.2) is 4.79 Å². The first-order chi connectivity index (χ1) is 8.33. The molecule has 3 rings (SSSR count). The normalized spacial score (nSPS) is 33.8. The number of rotatable bonds is 1. The maximum Gasteiger partial charge on any atom is 0.317 e. The molecule has 17 heavy (non-hydrogen) atoms. The van der Waals surface area contributed by atoms with E-state index in [-0.39, 0.29) is 6.03 Å². The summed E-state index contributed by atoms with van der Waals surface area (Å²) in [5.74, 6) is 1.50. The first-order valence-corrected chi connectivity index (χ1v) is 7.09. The molecule has 0 aromatic carbocycles. The minimum Gasteiger partial charge on any atom is -0.335 e. The number of fused-ring (bicyclic) bond motifs is 1. The zero-order chi connectivity index (χ0) is 11.7. The number of hydrogen-bond donors (Lipinski definition) is 2. The molecule has 1 saturated carbocycles. The SMILES string of the molecule is O=C(NC1CCCC1)N1CC[C@@H]2CNC[C@@H]2C1. The largest absolute Gasteiger partial charge is 0.335 e. The number of carbonyl (C=O) groups excluding carboxylic acids is 1. The maximum absolute atomic E-state index is 12.1. The summed E-state index contributed by atoms with van der Waals surface area (Å²) in [5, 5.41) is 6.63. The predicted octanol–water partition coefficient (Wildman–Crippen LogP) is 1.18. The van der Waals surface area contributed by atoms with E-state index in [1.807, 2.05) is 4.90 Å². The lowest BCUT2D eigenvalue weighted by Crippen LogP contribution is -2.49. The lowest BCUT2D eigenvalue weighted by Gasteiger charge is -2.35. The Morgan fingerprint density at radius 2 is 1.88 bits per heavy atom. The van der Waals surface area contributed by atoms with E-state index in [0.717, 1.165) is 32.1 Å². The van der Waals surface area contributed by atoms with Crippen molar-refractivity contribution in [1.29, 1.82) is 0 Å². The van der Waals surface area contributed by atoms with Crippen LogP contribution in [0.25, 0.3) is 0 Å². The van der Waals surface area contributed by atoms with Gasteiger partial charge in [0.2, 0.25) is 0 Å². The van der Waals surface area contributed by atoms with E-state index >= 15 is 0 Å². The highest BCUT2D eigenvalue weighted by molar-refractivity contribution is 5.74. The van der Waals surface area contributed by atoms with Crippen LogP contribution in [0.2, 0.25) is 0 Å². The molecule has 4 nitrogen and oxygen atoms in total. The number of likely N-dealkylation sites (tertiary alicyclic amines) is 1. The number of urea groups is 1. The summed E-state index contributed by atoms with van der Waals surface area (Å²) in [6, 6.07) is 0.629. The Bertz CT molecular complexity index is 288. The molecule has 2 atom stereocenters. The van der Waals surface area contributed by atoms with Crippen LogP contribution in [-0.2, 0) is 0 Å². The van der Waals surface area contributed by atoms with Crippen LogP contribution >= 0.6 is 0 Å². The van der Waals surface area contributed by atoms with Crippen LogP contribution in [0.1, 0.15) is 32.1 Å². The summed E-state index contributed by atoms with van der Waals surface area (Å²) < 4.78 is 0. The van der Waals surface area contributed by atoms with Gasteiger partial charge >= 0.3 is 6.03 Å². The summed E-state index contributed by atoms with van der Waals surface area (Å²) in [6.07, 6.45) is 6.08. The molecule has 96 valence electrons. The van der Waals surface area contributed by atoms with Gasteiger partial charge in [0, 0.05) is 19.1 Å². The molecule has 1 aliphatic carbocycles. The van der Waals surface area contributed by atoms with E-state index in [2.05, 4.69) is 10.6 Å². The van der Waals surface area contributed by atoms with E-state index in [1.165, 1.54) is 32.1 Å². The molecule has 2 amide bonds. The Morgan fingerprint density at radius 1 is 1.12 bits per heavy atom. The van der Waals surface area contributed by atoms with Crippen molar-refractivity contribution in [3.8, 4) is 0 Å². The first kappa shape index (κ1) is 11.3. The predicted molar refractivity (Wildman–Crippen MR) is 66.8 cm³/mol. The molecule has 0 spiro atoms. The Morgan fingerprint density at radius 3 is 2.71 bits per heavy atom. The minimum atomic E-state index is 0.183. The van der Waals surface area contributed by atoms with Crippen molar-refractivity contribution in [3.63, 3.8) is 0 Å². The van der Waals surface area contributed by atoms with Gasteiger partial charge < -0.3 is 15.5 Å². The summed E-state index contributed by atoms with van der Waals surface area (Å²) in [5.41, 5.74) is 0. The zero-order valence-corrected chi connectivity index (χ0v) is 10.5. The van der Waals surface area contributed by atoms with Crippen molar-refractivity contribution in [3.05, 3.63) is 0 Å². The number of nitrogens with one attached hydrogen (secondary N) is 2. The molecule has 0 bridgehead atoms. The van der Waals surface area contributed by atoms with Crippen LogP contribution < -0.4 is 10.6 Å². The highest BCUT2D eigenvalue weighted by Crippen LogP contribution is 2.26. The number of nitrogens with zero attached hydrogens (tertiary/aromatic N) is 1. The summed E-state index contributed by atoms with van der Waals surface area (Å²) in [7, 11) is 0. The molecule has 3 aliphatic rings. The molecule has 2 aliphatic heterocycles. The molecule has 2 heterocycles. The van der Waals surface area contributed by atoms with Crippen LogP contribution in [0.4, 0.5) is 4.79 Å². The van der Waals surface area contributed by atoms with E-state index < -0.39 is 0 Å². The quantitative estimate of drug-likeness (QED) is 0.719. The summed E-state index contributed by atoms with van der Waals surface area (Å²) >= 11 is 0. The van der Waals surface area contributed by atoms with Crippen molar-refractivity contribution >= 4 is 6.03 Å². The van der Waals surface area contributed by atoms with Crippen LogP contribution in [0.5, 0.6) is 0 Å². The average Bonchev–Trinajstić information content (AvgIpc) is 2.97. The molecular formula is C13H23N3O. The molecule has 0 aromatic rings. The van der Waals surface area contributed by atoms with Crippen molar-refractivity contribution < 1.29 is 4.79 Å². The van der Waals surface area contributed by atoms with Gasteiger partial charge in [0.1, 0.15) is 0 Å².